The van der Waals surface area contributed by atoms with E-state index < -0.39 is 0 Å². The summed E-state index contributed by atoms with van der Waals surface area (Å²) in [6.07, 6.45) is 2.50. The van der Waals surface area contributed by atoms with Crippen LogP contribution in [-0.2, 0) is 0 Å². The SMILES string of the molecule is ClC1CC1. The standard InChI is InChI=1S/C3H5Cl/c4-3-1-2-3/h3H,1-2H2. The zero-order chi connectivity index (χ0) is 2.99. The average molecular weight is 76.5 g/mol. The molecular formula is C3H5Cl. The Balaban J connectivity index is 2.17. The molecule has 4 heavy (non-hydrogen) atoms. The highest BCUT2D eigenvalue weighted by Gasteiger charge is 2.15. The van der Waals surface area contributed by atoms with E-state index in [-0.39, 0.29) is 0 Å². The van der Waals surface area contributed by atoms with Crippen molar-refractivity contribution in [2.75, 3.05) is 0 Å². The van der Waals surface area contributed by atoms with E-state index in [0.717, 1.165) is 0 Å². The van der Waals surface area contributed by atoms with Gasteiger partial charge in [-0.15, -0.1) is 11.6 Å². The molecule has 1 heteroatoms. The monoisotopic (exact) mass is 76.0 g/mol. The fraction of sp³-hybridized carbons (Fsp3) is 1.00. The minimum atomic E-state index is 0.556. The highest BCUT2D eigenvalue weighted by Crippen LogP contribution is 2.25. The number of alkyl halides is 1. The lowest BCUT2D eigenvalue weighted by molar-refractivity contribution is 1.50. The molecule has 0 heterocycles. The quantitative estimate of drug-likeness (QED) is 0.383. The van der Waals surface area contributed by atoms with Gasteiger partial charge in [0.25, 0.3) is 0 Å². The summed E-state index contributed by atoms with van der Waals surface area (Å²) in [4.78, 5) is 0. The van der Waals surface area contributed by atoms with Crippen molar-refractivity contribution in [2.24, 2.45) is 0 Å². The predicted octanol–water partition coefficient (Wildman–Crippen LogP) is 1.39. The minimum absolute atomic E-state index is 0.556. The molecule has 0 amide bonds. The second kappa shape index (κ2) is 0.617. The van der Waals surface area contributed by atoms with Crippen molar-refractivity contribution in [3.63, 3.8) is 0 Å². The molecule has 0 unspecified atom stereocenters. The third kappa shape index (κ3) is 0.352. The van der Waals surface area contributed by atoms with Gasteiger partial charge in [0, 0.05) is 5.38 Å². The molecule has 0 aromatic carbocycles. The van der Waals surface area contributed by atoms with Gasteiger partial charge in [0.1, 0.15) is 0 Å². The molecular weight excluding hydrogens is 71.5 g/mol. The Labute approximate surface area is 30.8 Å². The molecule has 0 atom stereocenters. The maximum Gasteiger partial charge on any atom is 0.0337 e. The molecule has 1 rings (SSSR count). The van der Waals surface area contributed by atoms with Crippen molar-refractivity contribution < 1.29 is 0 Å². The Morgan fingerprint density at radius 1 is 1.50 bits per heavy atom. The van der Waals surface area contributed by atoms with Crippen LogP contribution >= 0.6 is 11.6 Å². The molecule has 1 aliphatic carbocycles. The Hall–Kier alpha value is 0.290. The smallest absolute Gasteiger partial charge is 0.0337 e. The van der Waals surface area contributed by atoms with Gasteiger partial charge in [-0.1, -0.05) is 0 Å². The summed E-state index contributed by atoms with van der Waals surface area (Å²) < 4.78 is 0. The van der Waals surface area contributed by atoms with Crippen LogP contribution in [0, 0.1) is 0 Å². The van der Waals surface area contributed by atoms with Gasteiger partial charge in [-0.05, 0) is 12.8 Å². The van der Waals surface area contributed by atoms with Crippen LogP contribution < -0.4 is 0 Å². The van der Waals surface area contributed by atoms with Gasteiger partial charge in [0.05, 0.1) is 0 Å². The fourth-order valence-corrected chi connectivity index (χ4v) is 0.189. The van der Waals surface area contributed by atoms with Crippen molar-refractivity contribution in [3.05, 3.63) is 0 Å². The summed E-state index contributed by atoms with van der Waals surface area (Å²) in [5.41, 5.74) is 0. The van der Waals surface area contributed by atoms with E-state index in [1.807, 2.05) is 0 Å². The number of rotatable bonds is 0. The predicted molar refractivity (Wildman–Crippen MR) is 18.9 cm³/mol. The molecule has 1 saturated carbocycles. The maximum absolute atomic E-state index is 5.39. The lowest BCUT2D eigenvalue weighted by atomic mass is 11.0. The minimum Gasteiger partial charge on any atom is -0.123 e. The first-order chi connectivity index (χ1) is 1.89. The number of hydrogen-bond acceptors (Lipinski definition) is 0. The van der Waals surface area contributed by atoms with Gasteiger partial charge in [0.2, 0.25) is 0 Å². The van der Waals surface area contributed by atoms with E-state index in [2.05, 4.69) is 0 Å². The Kier molecular flexibility index (Phi) is 0.389. The summed E-state index contributed by atoms with van der Waals surface area (Å²) in [5.74, 6) is 0. The van der Waals surface area contributed by atoms with Crippen LogP contribution in [0.1, 0.15) is 12.8 Å². The topological polar surface area (TPSA) is 0 Å². The molecule has 24 valence electrons. The van der Waals surface area contributed by atoms with Crippen molar-refractivity contribution in [2.45, 2.75) is 18.2 Å². The third-order valence-corrected chi connectivity index (χ3v) is 0.943. The Morgan fingerprint density at radius 2 is 1.75 bits per heavy atom. The van der Waals surface area contributed by atoms with E-state index in [1.165, 1.54) is 12.8 Å². The van der Waals surface area contributed by atoms with Crippen LogP contribution in [0.5, 0.6) is 0 Å². The van der Waals surface area contributed by atoms with Crippen molar-refractivity contribution in [3.8, 4) is 0 Å². The first kappa shape index (κ1) is 2.52. The van der Waals surface area contributed by atoms with E-state index in [4.69, 9.17) is 11.6 Å². The summed E-state index contributed by atoms with van der Waals surface area (Å²) in [7, 11) is 0. The zero-order valence-electron chi connectivity index (χ0n) is 2.37. The Bertz CT molecular complexity index is 22.5. The van der Waals surface area contributed by atoms with Gasteiger partial charge < -0.3 is 0 Å². The molecule has 0 bridgehead atoms. The molecule has 0 N–H and O–H groups in total. The lowest BCUT2D eigenvalue weighted by Crippen LogP contribution is -1.45. The van der Waals surface area contributed by atoms with Crippen molar-refractivity contribution >= 4 is 11.6 Å². The van der Waals surface area contributed by atoms with Gasteiger partial charge in [0.15, 0.2) is 0 Å². The maximum atomic E-state index is 5.39. The average Bonchev–Trinajstić information content (AvgIpc) is 1.75. The molecule has 0 spiro atoms. The first-order valence-corrected chi connectivity index (χ1v) is 1.97. The summed E-state index contributed by atoms with van der Waals surface area (Å²) in [6, 6.07) is 0. The highest BCUT2D eigenvalue weighted by atomic mass is 35.5. The van der Waals surface area contributed by atoms with E-state index in [1.54, 1.807) is 0 Å². The summed E-state index contributed by atoms with van der Waals surface area (Å²) in [6.45, 7) is 0. The lowest BCUT2D eigenvalue weighted by Gasteiger charge is -1.50. The largest absolute Gasteiger partial charge is 0.123 e. The van der Waals surface area contributed by atoms with Crippen LogP contribution in [0.3, 0.4) is 0 Å². The van der Waals surface area contributed by atoms with Crippen molar-refractivity contribution in [1.82, 2.24) is 0 Å². The molecule has 0 aromatic rings. The number of hydrogen-bond donors (Lipinski definition) is 0. The molecule has 1 aliphatic rings. The number of halogens is 1. The molecule has 0 aliphatic heterocycles. The zero-order valence-corrected chi connectivity index (χ0v) is 3.13. The van der Waals surface area contributed by atoms with Gasteiger partial charge in [-0.25, -0.2) is 0 Å². The van der Waals surface area contributed by atoms with Crippen LogP contribution in [-0.4, -0.2) is 5.38 Å². The molecule has 0 radical (unpaired) electrons. The van der Waals surface area contributed by atoms with Crippen LogP contribution in [0.2, 0.25) is 0 Å². The summed E-state index contributed by atoms with van der Waals surface area (Å²) >= 11 is 5.39. The van der Waals surface area contributed by atoms with E-state index >= 15 is 0 Å². The van der Waals surface area contributed by atoms with E-state index in [0.29, 0.717) is 5.38 Å². The Morgan fingerprint density at radius 3 is 1.75 bits per heavy atom. The van der Waals surface area contributed by atoms with Crippen LogP contribution in [0.25, 0.3) is 0 Å². The molecule has 0 aromatic heterocycles. The normalized spacial score (nSPS) is 26.2. The summed E-state index contributed by atoms with van der Waals surface area (Å²) in [5, 5.41) is 0.556. The van der Waals surface area contributed by atoms with Crippen molar-refractivity contribution in [1.29, 1.82) is 0 Å². The fourth-order valence-electron chi connectivity index (χ4n) is 0.0630. The van der Waals surface area contributed by atoms with Gasteiger partial charge >= 0.3 is 0 Å². The highest BCUT2D eigenvalue weighted by molar-refractivity contribution is 6.22. The third-order valence-electron chi connectivity index (χ3n) is 0.507. The van der Waals surface area contributed by atoms with Gasteiger partial charge in [-0.3, -0.25) is 0 Å². The second-order valence-corrected chi connectivity index (χ2v) is 1.79. The second-order valence-electron chi connectivity index (χ2n) is 1.17. The van der Waals surface area contributed by atoms with Crippen LogP contribution in [0.15, 0.2) is 0 Å². The van der Waals surface area contributed by atoms with Gasteiger partial charge in [-0.2, -0.15) is 0 Å². The molecule has 0 nitrogen and oxygen atoms in total. The molecule has 0 saturated heterocycles. The van der Waals surface area contributed by atoms with E-state index in [9.17, 15) is 0 Å². The first-order valence-electron chi connectivity index (χ1n) is 1.53. The van der Waals surface area contributed by atoms with Crippen LogP contribution in [0.4, 0.5) is 0 Å². The molecule has 1 fully saturated rings.